The van der Waals surface area contributed by atoms with Crippen molar-refractivity contribution in [3.8, 4) is 0 Å². The Hall–Kier alpha value is -1.33. The first-order valence-corrected chi connectivity index (χ1v) is 6.55. The molecule has 0 aromatic carbocycles. The monoisotopic (exact) mass is 251 g/mol. The molecule has 2 rings (SSSR count). The van der Waals surface area contributed by atoms with E-state index in [4.69, 9.17) is 10.2 Å². The van der Waals surface area contributed by atoms with Crippen molar-refractivity contribution in [1.82, 2.24) is 10.2 Å². The van der Waals surface area contributed by atoms with Gasteiger partial charge in [-0.3, -0.25) is 9.69 Å². The normalized spacial score (nSPS) is 20.2. The summed E-state index contributed by atoms with van der Waals surface area (Å²) in [4.78, 5) is 14.3. The number of hydrogen-bond acceptors (Lipinski definition) is 4. The number of furan rings is 1. The Morgan fingerprint density at radius 2 is 2.44 bits per heavy atom. The zero-order chi connectivity index (χ0) is 13.0. The van der Waals surface area contributed by atoms with E-state index in [0.29, 0.717) is 30.7 Å². The van der Waals surface area contributed by atoms with Gasteiger partial charge in [0.05, 0.1) is 6.54 Å². The molecule has 18 heavy (non-hydrogen) atoms. The fourth-order valence-electron chi connectivity index (χ4n) is 2.45. The lowest BCUT2D eigenvalue weighted by atomic mass is 10.2. The number of hydrogen-bond donors (Lipinski definition) is 2. The second-order valence-electron chi connectivity index (χ2n) is 4.60. The Bertz CT molecular complexity index is 403. The molecule has 0 spiro atoms. The minimum absolute atomic E-state index is 0.155. The average molecular weight is 251 g/mol. The average Bonchev–Trinajstić information content (AvgIpc) is 3.04. The summed E-state index contributed by atoms with van der Waals surface area (Å²) in [6.07, 6.45) is 2.37. The lowest BCUT2D eigenvalue weighted by Gasteiger charge is -2.22. The third-order valence-electron chi connectivity index (χ3n) is 3.49. The summed E-state index contributed by atoms with van der Waals surface area (Å²) in [6, 6.07) is 3.87. The number of carbonyl (C=O) groups is 1. The highest BCUT2D eigenvalue weighted by Crippen LogP contribution is 2.15. The van der Waals surface area contributed by atoms with Crippen molar-refractivity contribution in [3.63, 3.8) is 0 Å². The molecule has 1 aromatic heterocycles. The van der Waals surface area contributed by atoms with Gasteiger partial charge in [-0.1, -0.05) is 6.92 Å². The summed E-state index contributed by atoms with van der Waals surface area (Å²) in [5, 5.41) is 2.93. The fraction of sp³-hybridized carbons (Fsp3) is 0.615. The maximum absolute atomic E-state index is 11.9. The third kappa shape index (κ3) is 2.91. The largest absolute Gasteiger partial charge is 0.455 e. The van der Waals surface area contributed by atoms with Crippen LogP contribution in [0.5, 0.6) is 0 Å². The van der Waals surface area contributed by atoms with E-state index >= 15 is 0 Å². The molecule has 5 nitrogen and oxygen atoms in total. The molecule has 5 heteroatoms. The van der Waals surface area contributed by atoms with E-state index in [2.05, 4.69) is 17.1 Å². The summed E-state index contributed by atoms with van der Waals surface area (Å²) < 4.78 is 5.31. The second kappa shape index (κ2) is 6.02. The van der Waals surface area contributed by atoms with Crippen LogP contribution in [0.2, 0.25) is 0 Å². The maximum atomic E-state index is 11.9. The van der Waals surface area contributed by atoms with Gasteiger partial charge < -0.3 is 15.5 Å². The summed E-state index contributed by atoms with van der Waals surface area (Å²) in [6.45, 7) is 5.33. The van der Waals surface area contributed by atoms with Crippen molar-refractivity contribution in [2.75, 3.05) is 19.6 Å². The van der Waals surface area contributed by atoms with Gasteiger partial charge in [-0.25, -0.2) is 0 Å². The van der Waals surface area contributed by atoms with Gasteiger partial charge in [0.2, 0.25) is 0 Å². The summed E-state index contributed by atoms with van der Waals surface area (Å²) in [5.41, 5.74) is 5.44. The highest BCUT2D eigenvalue weighted by molar-refractivity contribution is 5.91. The van der Waals surface area contributed by atoms with Crippen LogP contribution in [0, 0.1) is 0 Å². The topological polar surface area (TPSA) is 71.5 Å². The van der Waals surface area contributed by atoms with Gasteiger partial charge in [0, 0.05) is 12.6 Å². The first-order valence-electron chi connectivity index (χ1n) is 6.55. The number of rotatable bonds is 5. The first kappa shape index (κ1) is 13.1. The Morgan fingerprint density at radius 3 is 3.11 bits per heavy atom. The summed E-state index contributed by atoms with van der Waals surface area (Å²) in [7, 11) is 0. The van der Waals surface area contributed by atoms with Crippen molar-refractivity contribution in [1.29, 1.82) is 0 Å². The lowest BCUT2D eigenvalue weighted by molar-refractivity contribution is 0.0912. The molecule has 0 aliphatic carbocycles. The highest BCUT2D eigenvalue weighted by atomic mass is 16.4. The Labute approximate surface area is 107 Å². The SMILES string of the molecule is CCN1CCCC1CNC(=O)c1ccc(CN)o1. The Balaban J connectivity index is 1.84. The molecule has 0 bridgehead atoms. The Kier molecular flexibility index (Phi) is 4.38. The third-order valence-corrected chi connectivity index (χ3v) is 3.49. The van der Waals surface area contributed by atoms with Gasteiger partial charge >= 0.3 is 0 Å². The second-order valence-corrected chi connectivity index (χ2v) is 4.60. The summed E-state index contributed by atoms with van der Waals surface area (Å²) >= 11 is 0. The van der Waals surface area contributed by atoms with E-state index in [1.165, 1.54) is 6.42 Å². The number of nitrogens with two attached hydrogens (primary N) is 1. The number of nitrogens with one attached hydrogen (secondary N) is 1. The molecular formula is C13H21N3O2. The van der Waals surface area contributed by atoms with Crippen LogP contribution in [0.1, 0.15) is 36.1 Å². The standard InChI is InChI=1S/C13H21N3O2/c1-2-16-7-3-4-10(16)9-15-13(17)12-6-5-11(8-14)18-12/h5-6,10H,2-4,7-9,14H2,1H3,(H,15,17). The molecule has 1 aliphatic heterocycles. The zero-order valence-electron chi connectivity index (χ0n) is 10.8. The van der Waals surface area contributed by atoms with E-state index < -0.39 is 0 Å². The van der Waals surface area contributed by atoms with Gasteiger partial charge in [-0.15, -0.1) is 0 Å². The van der Waals surface area contributed by atoms with Crippen LogP contribution in [-0.2, 0) is 6.54 Å². The molecule has 2 heterocycles. The molecule has 0 radical (unpaired) electrons. The molecular weight excluding hydrogens is 230 g/mol. The van der Waals surface area contributed by atoms with Crippen molar-refractivity contribution in [2.45, 2.75) is 32.4 Å². The molecule has 3 N–H and O–H groups in total. The van der Waals surface area contributed by atoms with Crippen LogP contribution >= 0.6 is 0 Å². The maximum Gasteiger partial charge on any atom is 0.287 e. The molecule has 1 saturated heterocycles. The van der Waals surface area contributed by atoms with Crippen LogP contribution in [0.15, 0.2) is 16.5 Å². The molecule has 1 atom stereocenters. The van der Waals surface area contributed by atoms with Gasteiger partial charge in [0.1, 0.15) is 5.76 Å². The minimum atomic E-state index is -0.155. The number of amides is 1. The van der Waals surface area contributed by atoms with Crippen LogP contribution in [0.3, 0.4) is 0 Å². The van der Waals surface area contributed by atoms with E-state index in [0.717, 1.165) is 19.5 Å². The van der Waals surface area contributed by atoms with Gasteiger partial charge in [-0.05, 0) is 38.1 Å². The molecule has 100 valence electrons. The van der Waals surface area contributed by atoms with E-state index in [9.17, 15) is 4.79 Å². The van der Waals surface area contributed by atoms with Crippen molar-refractivity contribution in [2.24, 2.45) is 5.73 Å². The molecule has 1 fully saturated rings. The number of carbonyl (C=O) groups excluding carboxylic acids is 1. The van der Waals surface area contributed by atoms with E-state index in [1.54, 1.807) is 12.1 Å². The minimum Gasteiger partial charge on any atom is -0.455 e. The quantitative estimate of drug-likeness (QED) is 0.817. The van der Waals surface area contributed by atoms with Crippen LogP contribution < -0.4 is 11.1 Å². The molecule has 1 unspecified atom stereocenters. The lowest BCUT2D eigenvalue weighted by Crippen LogP contribution is -2.39. The zero-order valence-corrected chi connectivity index (χ0v) is 10.8. The van der Waals surface area contributed by atoms with Crippen molar-refractivity contribution < 1.29 is 9.21 Å². The van der Waals surface area contributed by atoms with E-state index in [-0.39, 0.29) is 5.91 Å². The number of likely N-dealkylation sites (tertiary alicyclic amines) is 1. The Morgan fingerprint density at radius 1 is 1.61 bits per heavy atom. The molecule has 1 amide bonds. The van der Waals surface area contributed by atoms with Crippen LogP contribution in [0.25, 0.3) is 0 Å². The highest BCUT2D eigenvalue weighted by Gasteiger charge is 2.23. The predicted octanol–water partition coefficient (Wildman–Crippen LogP) is 0.952. The van der Waals surface area contributed by atoms with Gasteiger partial charge in [-0.2, -0.15) is 0 Å². The number of likely N-dealkylation sites (N-methyl/N-ethyl adjacent to an activating group) is 1. The van der Waals surface area contributed by atoms with Gasteiger partial charge in [0.25, 0.3) is 5.91 Å². The van der Waals surface area contributed by atoms with Crippen LogP contribution in [-0.4, -0.2) is 36.5 Å². The summed E-state index contributed by atoms with van der Waals surface area (Å²) in [5.74, 6) is 0.824. The number of nitrogens with zero attached hydrogens (tertiary/aromatic N) is 1. The van der Waals surface area contributed by atoms with Crippen molar-refractivity contribution in [3.05, 3.63) is 23.7 Å². The van der Waals surface area contributed by atoms with Crippen molar-refractivity contribution >= 4 is 5.91 Å². The molecule has 0 saturated carbocycles. The smallest absolute Gasteiger partial charge is 0.287 e. The fourth-order valence-corrected chi connectivity index (χ4v) is 2.45. The predicted molar refractivity (Wildman–Crippen MR) is 69.2 cm³/mol. The van der Waals surface area contributed by atoms with E-state index in [1.807, 2.05) is 0 Å². The molecule has 1 aromatic rings. The molecule has 1 aliphatic rings. The van der Waals surface area contributed by atoms with Crippen LogP contribution in [0.4, 0.5) is 0 Å². The van der Waals surface area contributed by atoms with Gasteiger partial charge in [0.15, 0.2) is 5.76 Å². The first-order chi connectivity index (χ1) is 8.74.